The molecule has 0 saturated heterocycles. The number of halogens is 3. The third-order valence-corrected chi connectivity index (χ3v) is 3.31. The molecule has 0 N–H and O–H groups in total. The Morgan fingerprint density at radius 2 is 2.05 bits per heavy atom. The zero-order valence-corrected chi connectivity index (χ0v) is 12.2. The summed E-state index contributed by atoms with van der Waals surface area (Å²) in [6, 6.07) is 8.40. The number of nitro groups is 1. The van der Waals surface area contributed by atoms with Crippen molar-refractivity contribution in [1.29, 1.82) is 0 Å². The highest BCUT2D eigenvalue weighted by Gasteiger charge is 2.12. The largest absolute Gasteiger partial charge is 0.487 e. The number of rotatable bonds is 5. The molecule has 2 aromatic rings. The molecule has 0 unspecified atom stereocenters. The quantitative estimate of drug-likeness (QED) is 0.453. The van der Waals surface area contributed by atoms with E-state index >= 15 is 0 Å². The molecule has 0 radical (unpaired) electrons. The maximum Gasteiger partial charge on any atom is 0.272 e. The van der Waals surface area contributed by atoms with Crippen LogP contribution in [0.25, 0.3) is 0 Å². The number of nitro benzene ring substituents is 1. The van der Waals surface area contributed by atoms with Crippen LogP contribution in [0.2, 0.25) is 5.02 Å². The van der Waals surface area contributed by atoms with Crippen LogP contribution in [0.4, 0.5) is 10.1 Å². The van der Waals surface area contributed by atoms with Crippen molar-refractivity contribution in [2.75, 3.05) is 0 Å². The van der Waals surface area contributed by atoms with Gasteiger partial charge in [-0.2, -0.15) is 0 Å². The second-order valence-corrected chi connectivity index (χ2v) is 4.90. The highest BCUT2D eigenvalue weighted by molar-refractivity contribution is 6.32. The molecule has 0 aliphatic rings. The second-order valence-electron chi connectivity index (χ2n) is 4.23. The monoisotopic (exact) mass is 329 g/mol. The molecule has 7 heteroatoms. The molecule has 2 rings (SSSR count). The summed E-state index contributed by atoms with van der Waals surface area (Å²) in [7, 11) is 0. The van der Waals surface area contributed by atoms with E-state index in [1.54, 1.807) is 18.2 Å². The van der Waals surface area contributed by atoms with Crippen molar-refractivity contribution in [3.05, 3.63) is 68.5 Å². The first-order chi connectivity index (χ1) is 10.0. The van der Waals surface area contributed by atoms with Gasteiger partial charge in [-0.25, -0.2) is 4.39 Å². The summed E-state index contributed by atoms with van der Waals surface area (Å²) in [5.74, 6) is -0.0975. The van der Waals surface area contributed by atoms with Crippen molar-refractivity contribution in [2.45, 2.75) is 12.5 Å². The lowest BCUT2D eigenvalue weighted by atomic mass is 10.2. The molecule has 4 nitrogen and oxygen atoms in total. The van der Waals surface area contributed by atoms with E-state index in [2.05, 4.69) is 0 Å². The maximum absolute atomic E-state index is 13.3. The Morgan fingerprint density at radius 1 is 1.29 bits per heavy atom. The van der Waals surface area contributed by atoms with Gasteiger partial charge in [0.25, 0.3) is 5.69 Å². The van der Waals surface area contributed by atoms with Crippen LogP contribution in [0.1, 0.15) is 11.1 Å². The number of hydrogen-bond acceptors (Lipinski definition) is 3. The molecule has 0 heterocycles. The van der Waals surface area contributed by atoms with Crippen molar-refractivity contribution < 1.29 is 14.1 Å². The molecular weight excluding hydrogens is 320 g/mol. The van der Waals surface area contributed by atoms with Gasteiger partial charge in [0.05, 0.1) is 21.9 Å². The SMILES string of the molecule is O=[N+]([O-])c1cc(F)cc(COc2c(Cl)cccc2CCl)c1. The molecule has 110 valence electrons. The minimum absolute atomic E-state index is 0.0494. The summed E-state index contributed by atoms with van der Waals surface area (Å²) >= 11 is 11.8. The van der Waals surface area contributed by atoms with Crippen molar-refractivity contribution in [1.82, 2.24) is 0 Å². The van der Waals surface area contributed by atoms with Gasteiger partial charge in [-0.15, -0.1) is 11.6 Å². The van der Waals surface area contributed by atoms with Crippen molar-refractivity contribution in [3.63, 3.8) is 0 Å². The molecule has 0 aliphatic carbocycles. The van der Waals surface area contributed by atoms with Crippen LogP contribution >= 0.6 is 23.2 Å². The van der Waals surface area contributed by atoms with Crippen LogP contribution in [0.3, 0.4) is 0 Å². The first kappa shape index (κ1) is 15.5. The summed E-state index contributed by atoms with van der Waals surface area (Å²) in [4.78, 5) is 10.0. The van der Waals surface area contributed by atoms with Gasteiger partial charge in [-0.05, 0) is 17.7 Å². The predicted octanol–water partition coefficient (Wildman–Crippen LogP) is 4.71. The van der Waals surface area contributed by atoms with Gasteiger partial charge < -0.3 is 4.74 Å². The number of non-ortho nitro benzene ring substituents is 1. The van der Waals surface area contributed by atoms with Crippen LogP contribution in [0.5, 0.6) is 5.75 Å². The van der Waals surface area contributed by atoms with Crippen LogP contribution in [0.15, 0.2) is 36.4 Å². The summed E-state index contributed by atoms with van der Waals surface area (Å²) in [5.41, 5.74) is 0.697. The van der Waals surface area contributed by atoms with E-state index in [4.69, 9.17) is 27.9 Å². The zero-order chi connectivity index (χ0) is 15.4. The minimum Gasteiger partial charge on any atom is -0.487 e. The summed E-state index contributed by atoms with van der Waals surface area (Å²) in [5, 5.41) is 11.1. The van der Waals surface area contributed by atoms with E-state index < -0.39 is 10.7 Å². The number of nitrogens with zero attached hydrogens (tertiary/aromatic N) is 1. The molecule has 2 aromatic carbocycles. The van der Waals surface area contributed by atoms with Crippen molar-refractivity contribution in [3.8, 4) is 5.75 Å². The zero-order valence-electron chi connectivity index (χ0n) is 10.7. The van der Waals surface area contributed by atoms with Gasteiger partial charge >= 0.3 is 0 Å². The van der Waals surface area contributed by atoms with E-state index in [9.17, 15) is 14.5 Å². The molecule has 0 fully saturated rings. The topological polar surface area (TPSA) is 52.4 Å². The molecule has 0 saturated carbocycles. The number of para-hydroxylation sites is 1. The fraction of sp³-hybridized carbons (Fsp3) is 0.143. The highest BCUT2D eigenvalue weighted by atomic mass is 35.5. The lowest BCUT2D eigenvalue weighted by Gasteiger charge is -2.11. The summed E-state index contributed by atoms with van der Waals surface area (Å²) in [6.45, 7) is -0.0494. The average molecular weight is 330 g/mol. The summed E-state index contributed by atoms with van der Waals surface area (Å²) in [6.07, 6.45) is 0. The van der Waals surface area contributed by atoms with E-state index in [0.717, 1.165) is 6.07 Å². The van der Waals surface area contributed by atoms with Crippen LogP contribution in [0, 0.1) is 15.9 Å². The van der Waals surface area contributed by atoms with E-state index in [1.165, 1.54) is 12.1 Å². The number of hydrogen-bond donors (Lipinski definition) is 0. The second kappa shape index (κ2) is 6.74. The molecule has 0 aromatic heterocycles. The van der Waals surface area contributed by atoms with Gasteiger partial charge in [0.1, 0.15) is 18.2 Å². The van der Waals surface area contributed by atoms with Crippen molar-refractivity contribution in [2.24, 2.45) is 0 Å². The number of alkyl halides is 1. The van der Waals surface area contributed by atoms with Gasteiger partial charge in [0, 0.05) is 11.6 Å². The maximum atomic E-state index is 13.3. The lowest BCUT2D eigenvalue weighted by molar-refractivity contribution is -0.385. The fourth-order valence-corrected chi connectivity index (χ4v) is 2.26. The molecule has 21 heavy (non-hydrogen) atoms. The Bertz CT molecular complexity index is 679. The van der Waals surface area contributed by atoms with Crippen molar-refractivity contribution >= 4 is 28.9 Å². The molecule has 0 aliphatic heterocycles. The van der Waals surface area contributed by atoms with Crippen LogP contribution in [-0.4, -0.2) is 4.92 Å². The third-order valence-electron chi connectivity index (χ3n) is 2.73. The first-order valence-electron chi connectivity index (χ1n) is 5.91. The lowest BCUT2D eigenvalue weighted by Crippen LogP contribution is -2.00. The van der Waals surface area contributed by atoms with E-state index in [0.29, 0.717) is 21.9 Å². The Kier molecular flexibility index (Phi) is 4.98. The number of benzene rings is 2. The summed E-state index contributed by atoms with van der Waals surface area (Å²) < 4.78 is 18.9. The van der Waals surface area contributed by atoms with Gasteiger partial charge in [0.15, 0.2) is 0 Å². The van der Waals surface area contributed by atoms with Gasteiger partial charge in [-0.3, -0.25) is 10.1 Å². The predicted molar refractivity (Wildman–Crippen MR) is 78.4 cm³/mol. The normalized spacial score (nSPS) is 10.4. The Labute approximate surface area is 130 Å². The molecular formula is C14H10Cl2FNO3. The minimum atomic E-state index is -0.695. The molecule has 0 atom stereocenters. The van der Waals surface area contributed by atoms with Gasteiger partial charge in [0.2, 0.25) is 0 Å². The van der Waals surface area contributed by atoms with Gasteiger partial charge in [-0.1, -0.05) is 23.7 Å². The molecule has 0 amide bonds. The smallest absolute Gasteiger partial charge is 0.272 e. The average Bonchev–Trinajstić information content (AvgIpc) is 2.45. The molecule has 0 bridgehead atoms. The standard InChI is InChI=1S/C14H10Cl2FNO3/c15-7-10-2-1-3-13(16)14(10)21-8-9-4-11(17)6-12(5-9)18(19)20/h1-6H,7-8H2. The van der Waals surface area contributed by atoms with E-state index in [1.807, 2.05) is 0 Å². The fourth-order valence-electron chi connectivity index (χ4n) is 1.80. The van der Waals surface area contributed by atoms with Crippen LogP contribution < -0.4 is 4.74 Å². The Balaban J connectivity index is 2.23. The molecule has 0 spiro atoms. The van der Waals surface area contributed by atoms with E-state index in [-0.39, 0.29) is 18.2 Å². The third kappa shape index (κ3) is 3.83. The first-order valence-corrected chi connectivity index (χ1v) is 6.82. The highest BCUT2D eigenvalue weighted by Crippen LogP contribution is 2.30. The number of ether oxygens (including phenoxy) is 1. The Morgan fingerprint density at radius 3 is 2.71 bits per heavy atom. The van der Waals surface area contributed by atoms with Crippen LogP contribution in [-0.2, 0) is 12.5 Å². The Hall–Kier alpha value is -1.85.